The first-order chi connectivity index (χ1) is 7.18. The van der Waals surface area contributed by atoms with Gasteiger partial charge >= 0.3 is 0 Å². The average molecular weight is 204 g/mol. The van der Waals surface area contributed by atoms with E-state index in [-0.39, 0.29) is 6.10 Å². The van der Waals surface area contributed by atoms with Gasteiger partial charge in [-0.25, -0.2) is 0 Å². The van der Waals surface area contributed by atoms with E-state index in [0.29, 0.717) is 5.92 Å². The van der Waals surface area contributed by atoms with Crippen LogP contribution in [0.3, 0.4) is 0 Å². The van der Waals surface area contributed by atoms with Gasteiger partial charge in [0.2, 0.25) is 0 Å². The van der Waals surface area contributed by atoms with Gasteiger partial charge in [0.1, 0.15) is 0 Å². The first-order valence-electron chi connectivity index (χ1n) is 5.99. The van der Waals surface area contributed by atoms with Crippen LogP contribution in [0.4, 0.5) is 0 Å². The molecule has 1 heteroatoms. The molecule has 15 heavy (non-hydrogen) atoms. The van der Waals surface area contributed by atoms with Crippen LogP contribution in [0.15, 0.2) is 18.2 Å². The number of fused-ring (bicyclic) bond motifs is 1. The Hall–Kier alpha value is -0.820. The minimum absolute atomic E-state index is 0.235. The lowest BCUT2D eigenvalue weighted by molar-refractivity contribution is 0.166. The molecule has 0 spiro atoms. The molecule has 1 nitrogen and oxygen atoms in total. The SMILES string of the molecule is CC(C)c1ccc2c(c1)C(O)CCCC2. The fraction of sp³-hybridized carbons (Fsp3) is 0.571. The van der Waals surface area contributed by atoms with Gasteiger partial charge in [-0.3, -0.25) is 0 Å². The van der Waals surface area contributed by atoms with E-state index in [1.54, 1.807) is 0 Å². The third kappa shape index (κ3) is 2.23. The summed E-state index contributed by atoms with van der Waals surface area (Å²) in [7, 11) is 0. The molecule has 0 saturated heterocycles. The fourth-order valence-electron chi connectivity index (χ4n) is 2.32. The van der Waals surface area contributed by atoms with Crippen molar-refractivity contribution in [3.05, 3.63) is 34.9 Å². The van der Waals surface area contributed by atoms with Gasteiger partial charge in [-0.05, 0) is 41.9 Å². The van der Waals surface area contributed by atoms with E-state index in [4.69, 9.17) is 0 Å². The molecule has 1 aromatic rings. The second-order valence-electron chi connectivity index (χ2n) is 4.87. The predicted molar refractivity (Wildman–Crippen MR) is 63.0 cm³/mol. The van der Waals surface area contributed by atoms with Crippen LogP contribution < -0.4 is 0 Å². The van der Waals surface area contributed by atoms with Crippen LogP contribution in [0.2, 0.25) is 0 Å². The smallest absolute Gasteiger partial charge is 0.0792 e. The van der Waals surface area contributed by atoms with Gasteiger partial charge in [0.05, 0.1) is 6.10 Å². The fourth-order valence-corrected chi connectivity index (χ4v) is 2.32. The summed E-state index contributed by atoms with van der Waals surface area (Å²) in [5.74, 6) is 0.547. The maximum atomic E-state index is 10.0. The average Bonchev–Trinajstić information content (AvgIpc) is 2.40. The van der Waals surface area contributed by atoms with Gasteiger partial charge in [-0.2, -0.15) is 0 Å². The van der Waals surface area contributed by atoms with Crippen molar-refractivity contribution in [3.63, 3.8) is 0 Å². The number of aryl methyl sites for hydroxylation is 1. The number of hydrogen-bond acceptors (Lipinski definition) is 1. The molecule has 1 unspecified atom stereocenters. The highest BCUT2D eigenvalue weighted by atomic mass is 16.3. The van der Waals surface area contributed by atoms with Crippen LogP contribution in [-0.2, 0) is 6.42 Å². The predicted octanol–water partition coefficient (Wildman–Crippen LogP) is 3.57. The highest BCUT2D eigenvalue weighted by Crippen LogP contribution is 2.30. The van der Waals surface area contributed by atoms with Crippen molar-refractivity contribution in [3.8, 4) is 0 Å². The zero-order valence-electron chi connectivity index (χ0n) is 9.66. The van der Waals surface area contributed by atoms with Gasteiger partial charge in [0, 0.05) is 0 Å². The van der Waals surface area contributed by atoms with Crippen molar-refractivity contribution in [1.82, 2.24) is 0 Å². The van der Waals surface area contributed by atoms with Crippen LogP contribution in [0.5, 0.6) is 0 Å². The maximum Gasteiger partial charge on any atom is 0.0792 e. The summed E-state index contributed by atoms with van der Waals surface area (Å²) in [5, 5.41) is 10.0. The topological polar surface area (TPSA) is 20.2 Å². The van der Waals surface area contributed by atoms with E-state index >= 15 is 0 Å². The monoisotopic (exact) mass is 204 g/mol. The molecule has 0 saturated carbocycles. The second-order valence-corrected chi connectivity index (χ2v) is 4.87. The minimum atomic E-state index is -0.235. The van der Waals surface area contributed by atoms with Gasteiger partial charge in [-0.15, -0.1) is 0 Å². The molecule has 0 fully saturated rings. The molecule has 0 radical (unpaired) electrons. The normalized spacial score (nSPS) is 21.2. The van der Waals surface area contributed by atoms with Gasteiger partial charge < -0.3 is 5.11 Å². The Morgan fingerprint density at radius 3 is 2.80 bits per heavy atom. The van der Waals surface area contributed by atoms with E-state index in [0.717, 1.165) is 19.3 Å². The highest BCUT2D eigenvalue weighted by Gasteiger charge is 2.16. The number of hydrogen-bond donors (Lipinski definition) is 1. The molecule has 1 aliphatic carbocycles. The maximum absolute atomic E-state index is 10.0. The quantitative estimate of drug-likeness (QED) is 0.693. The van der Waals surface area contributed by atoms with Gasteiger partial charge in [-0.1, -0.05) is 38.5 Å². The summed E-state index contributed by atoms with van der Waals surface area (Å²) in [6.45, 7) is 4.40. The summed E-state index contributed by atoms with van der Waals surface area (Å²) in [4.78, 5) is 0. The first kappa shape index (κ1) is 10.7. The Kier molecular flexibility index (Phi) is 3.11. The Morgan fingerprint density at radius 2 is 2.07 bits per heavy atom. The van der Waals surface area contributed by atoms with Crippen LogP contribution in [0, 0.1) is 0 Å². The Labute approximate surface area is 92.1 Å². The van der Waals surface area contributed by atoms with Crippen molar-refractivity contribution in [2.45, 2.75) is 51.6 Å². The molecule has 0 aromatic heterocycles. The van der Waals surface area contributed by atoms with E-state index in [2.05, 4.69) is 32.0 Å². The van der Waals surface area contributed by atoms with Crippen molar-refractivity contribution in [2.75, 3.05) is 0 Å². The number of benzene rings is 1. The minimum Gasteiger partial charge on any atom is -0.388 e. The second kappa shape index (κ2) is 4.36. The van der Waals surface area contributed by atoms with Gasteiger partial charge in [0.25, 0.3) is 0 Å². The number of rotatable bonds is 1. The Balaban J connectivity index is 2.39. The van der Waals surface area contributed by atoms with Crippen molar-refractivity contribution >= 4 is 0 Å². The van der Waals surface area contributed by atoms with E-state index < -0.39 is 0 Å². The standard InChI is InChI=1S/C14H20O/c1-10(2)12-8-7-11-5-3-4-6-14(15)13(11)9-12/h7-10,14-15H,3-6H2,1-2H3. The largest absolute Gasteiger partial charge is 0.388 e. The zero-order chi connectivity index (χ0) is 10.8. The molecule has 0 heterocycles. The van der Waals surface area contributed by atoms with Crippen molar-refractivity contribution in [1.29, 1.82) is 0 Å². The molecular formula is C14H20O. The van der Waals surface area contributed by atoms with E-state index in [1.165, 1.54) is 23.1 Å². The van der Waals surface area contributed by atoms with Crippen molar-refractivity contribution < 1.29 is 5.11 Å². The van der Waals surface area contributed by atoms with E-state index in [9.17, 15) is 5.11 Å². The lowest BCUT2D eigenvalue weighted by Gasteiger charge is -2.15. The molecule has 0 bridgehead atoms. The molecular weight excluding hydrogens is 184 g/mol. The van der Waals surface area contributed by atoms with Crippen LogP contribution in [0.25, 0.3) is 0 Å². The van der Waals surface area contributed by atoms with E-state index in [1.807, 2.05) is 0 Å². The summed E-state index contributed by atoms with van der Waals surface area (Å²) < 4.78 is 0. The lowest BCUT2D eigenvalue weighted by atomic mass is 9.94. The molecule has 1 N–H and O–H groups in total. The third-order valence-electron chi connectivity index (χ3n) is 3.37. The molecule has 82 valence electrons. The molecule has 1 aliphatic rings. The summed E-state index contributed by atoms with van der Waals surface area (Å²) >= 11 is 0. The number of aliphatic hydroxyl groups is 1. The van der Waals surface area contributed by atoms with Crippen molar-refractivity contribution in [2.24, 2.45) is 0 Å². The summed E-state index contributed by atoms with van der Waals surface area (Å²) in [5.41, 5.74) is 3.87. The number of aliphatic hydroxyl groups excluding tert-OH is 1. The van der Waals surface area contributed by atoms with Gasteiger partial charge in [0.15, 0.2) is 0 Å². The highest BCUT2D eigenvalue weighted by molar-refractivity contribution is 5.35. The molecule has 2 rings (SSSR count). The zero-order valence-corrected chi connectivity index (χ0v) is 9.66. The summed E-state index contributed by atoms with van der Waals surface area (Å²) in [6.07, 6.45) is 4.18. The summed E-state index contributed by atoms with van der Waals surface area (Å²) in [6, 6.07) is 6.62. The van der Waals surface area contributed by atoms with Crippen LogP contribution in [-0.4, -0.2) is 5.11 Å². The first-order valence-corrected chi connectivity index (χ1v) is 5.99. The molecule has 1 aromatic carbocycles. The molecule has 0 aliphatic heterocycles. The molecule has 1 atom stereocenters. The van der Waals surface area contributed by atoms with Crippen LogP contribution in [0.1, 0.15) is 61.8 Å². The Morgan fingerprint density at radius 1 is 1.27 bits per heavy atom. The van der Waals surface area contributed by atoms with Crippen LogP contribution >= 0.6 is 0 Å². The lowest BCUT2D eigenvalue weighted by Crippen LogP contribution is -2.00. The molecule has 0 amide bonds. The third-order valence-corrected chi connectivity index (χ3v) is 3.37. The Bertz CT molecular complexity index is 341.